The molecule has 1 unspecified atom stereocenters. The van der Waals surface area contributed by atoms with Gasteiger partial charge < -0.3 is 15.2 Å². The lowest BCUT2D eigenvalue weighted by Gasteiger charge is -2.09. The number of hydrogen-bond acceptors (Lipinski definition) is 3. The molecule has 0 heterocycles. The van der Waals surface area contributed by atoms with Crippen LogP contribution in [-0.4, -0.2) is 13.2 Å². The fraction of sp³-hybridized carbons (Fsp3) is 0.250. The summed E-state index contributed by atoms with van der Waals surface area (Å²) in [7, 11) is 1.64. The summed E-state index contributed by atoms with van der Waals surface area (Å²) in [5.74, 6) is 2.35. The van der Waals surface area contributed by atoms with Crippen LogP contribution in [0.2, 0.25) is 0 Å². The van der Waals surface area contributed by atoms with Gasteiger partial charge in [0, 0.05) is 12.1 Å². The second-order valence-electron chi connectivity index (χ2n) is 4.61. The van der Waals surface area contributed by atoms with E-state index in [1.54, 1.807) is 7.11 Å². The third-order valence-electron chi connectivity index (χ3n) is 2.76. The van der Waals surface area contributed by atoms with E-state index in [0.29, 0.717) is 0 Å². The fourth-order valence-corrected chi connectivity index (χ4v) is 1.87. The van der Waals surface area contributed by atoms with Gasteiger partial charge >= 0.3 is 0 Å². The zero-order chi connectivity index (χ0) is 13.7. The Morgan fingerprint density at radius 1 is 1.00 bits per heavy atom. The zero-order valence-corrected chi connectivity index (χ0v) is 11.3. The number of hydrogen-bond donors (Lipinski definition) is 1. The van der Waals surface area contributed by atoms with Gasteiger partial charge in [0.25, 0.3) is 0 Å². The van der Waals surface area contributed by atoms with E-state index in [2.05, 4.69) is 0 Å². The summed E-state index contributed by atoms with van der Waals surface area (Å²) in [6.07, 6.45) is 0.874. The van der Waals surface area contributed by atoms with Gasteiger partial charge in [-0.1, -0.05) is 18.2 Å². The van der Waals surface area contributed by atoms with Crippen molar-refractivity contribution in [2.75, 3.05) is 7.11 Å². The van der Waals surface area contributed by atoms with Crippen LogP contribution in [0, 0.1) is 0 Å². The van der Waals surface area contributed by atoms with Crippen molar-refractivity contribution in [3.63, 3.8) is 0 Å². The summed E-state index contributed by atoms with van der Waals surface area (Å²) in [5.41, 5.74) is 6.99. The molecule has 2 aromatic carbocycles. The molecule has 0 bridgehead atoms. The lowest BCUT2D eigenvalue weighted by molar-refractivity contribution is 0.409. The highest BCUT2D eigenvalue weighted by Gasteiger charge is 2.01. The van der Waals surface area contributed by atoms with Crippen molar-refractivity contribution in [1.82, 2.24) is 0 Å². The van der Waals surface area contributed by atoms with Gasteiger partial charge in [0.1, 0.15) is 17.2 Å². The monoisotopic (exact) mass is 257 g/mol. The second-order valence-corrected chi connectivity index (χ2v) is 4.61. The average Bonchev–Trinajstić information content (AvgIpc) is 2.41. The maximum absolute atomic E-state index is 5.77. The number of nitrogens with two attached hydrogens (primary N) is 1. The first-order valence-electron chi connectivity index (χ1n) is 6.34. The topological polar surface area (TPSA) is 44.5 Å². The van der Waals surface area contributed by atoms with Gasteiger partial charge in [0.05, 0.1) is 7.11 Å². The molecule has 0 spiro atoms. The Morgan fingerprint density at radius 3 is 2.32 bits per heavy atom. The quantitative estimate of drug-likeness (QED) is 0.893. The molecular weight excluding hydrogens is 238 g/mol. The highest BCUT2D eigenvalue weighted by atomic mass is 16.5. The summed E-state index contributed by atoms with van der Waals surface area (Å²) in [5, 5.41) is 0. The predicted molar refractivity (Wildman–Crippen MR) is 76.9 cm³/mol. The summed E-state index contributed by atoms with van der Waals surface area (Å²) in [6.45, 7) is 2.00. The molecule has 0 aliphatic rings. The largest absolute Gasteiger partial charge is 0.497 e. The molecule has 2 N–H and O–H groups in total. The summed E-state index contributed by atoms with van der Waals surface area (Å²) < 4.78 is 10.9. The summed E-state index contributed by atoms with van der Waals surface area (Å²) in [6, 6.07) is 15.7. The van der Waals surface area contributed by atoms with E-state index in [4.69, 9.17) is 15.2 Å². The highest BCUT2D eigenvalue weighted by molar-refractivity contribution is 5.37. The molecule has 0 aromatic heterocycles. The molecule has 0 aliphatic carbocycles. The molecule has 3 nitrogen and oxygen atoms in total. The highest BCUT2D eigenvalue weighted by Crippen LogP contribution is 2.25. The van der Waals surface area contributed by atoms with Gasteiger partial charge in [-0.3, -0.25) is 0 Å². The summed E-state index contributed by atoms with van der Waals surface area (Å²) in [4.78, 5) is 0. The van der Waals surface area contributed by atoms with E-state index in [1.807, 2.05) is 55.5 Å². The van der Waals surface area contributed by atoms with Crippen molar-refractivity contribution in [3.05, 3.63) is 54.1 Å². The van der Waals surface area contributed by atoms with Crippen molar-refractivity contribution >= 4 is 0 Å². The van der Waals surface area contributed by atoms with E-state index in [-0.39, 0.29) is 6.04 Å². The van der Waals surface area contributed by atoms with Gasteiger partial charge in [-0.05, 0) is 43.2 Å². The minimum absolute atomic E-state index is 0.171. The SMILES string of the molecule is COc1cccc(Oc2ccc(CC(C)N)cc2)c1. The van der Waals surface area contributed by atoms with Crippen LogP contribution >= 0.6 is 0 Å². The molecule has 100 valence electrons. The Bertz CT molecular complexity index is 521. The Balaban J connectivity index is 2.06. The molecule has 0 saturated carbocycles. The van der Waals surface area contributed by atoms with E-state index in [1.165, 1.54) is 5.56 Å². The van der Waals surface area contributed by atoms with Gasteiger partial charge in [0.2, 0.25) is 0 Å². The molecule has 0 radical (unpaired) electrons. The van der Waals surface area contributed by atoms with Crippen LogP contribution in [0.15, 0.2) is 48.5 Å². The molecule has 0 fully saturated rings. The van der Waals surface area contributed by atoms with Crippen molar-refractivity contribution in [3.8, 4) is 17.2 Å². The molecule has 2 rings (SSSR count). The van der Waals surface area contributed by atoms with E-state index < -0.39 is 0 Å². The smallest absolute Gasteiger partial charge is 0.131 e. The zero-order valence-electron chi connectivity index (χ0n) is 11.3. The Hall–Kier alpha value is -2.00. The molecule has 0 aliphatic heterocycles. The van der Waals surface area contributed by atoms with Crippen molar-refractivity contribution in [2.45, 2.75) is 19.4 Å². The minimum atomic E-state index is 0.171. The van der Waals surface area contributed by atoms with Crippen molar-refractivity contribution in [2.24, 2.45) is 5.73 Å². The minimum Gasteiger partial charge on any atom is -0.497 e. The molecule has 0 amide bonds. The van der Waals surface area contributed by atoms with Crippen molar-refractivity contribution < 1.29 is 9.47 Å². The third kappa shape index (κ3) is 4.00. The normalized spacial score (nSPS) is 11.9. The molecule has 19 heavy (non-hydrogen) atoms. The predicted octanol–water partition coefficient (Wildman–Crippen LogP) is 3.38. The van der Waals surface area contributed by atoms with Gasteiger partial charge in [0.15, 0.2) is 0 Å². The van der Waals surface area contributed by atoms with Gasteiger partial charge in [-0.2, -0.15) is 0 Å². The Morgan fingerprint density at radius 2 is 1.68 bits per heavy atom. The van der Waals surface area contributed by atoms with Gasteiger partial charge in [-0.15, -0.1) is 0 Å². The first-order chi connectivity index (χ1) is 9.17. The molecular formula is C16H19NO2. The Kier molecular flexibility index (Phi) is 4.42. The number of benzene rings is 2. The fourth-order valence-electron chi connectivity index (χ4n) is 1.87. The maximum atomic E-state index is 5.77. The van der Waals surface area contributed by atoms with Crippen LogP contribution < -0.4 is 15.2 Å². The van der Waals surface area contributed by atoms with Crippen molar-refractivity contribution in [1.29, 1.82) is 0 Å². The number of methoxy groups -OCH3 is 1. The lowest BCUT2D eigenvalue weighted by Crippen LogP contribution is -2.17. The molecule has 2 aromatic rings. The van der Waals surface area contributed by atoms with E-state index in [0.717, 1.165) is 23.7 Å². The number of ether oxygens (including phenoxy) is 2. The lowest BCUT2D eigenvalue weighted by atomic mass is 10.1. The molecule has 3 heteroatoms. The first kappa shape index (κ1) is 13.4. The third-order valence-corrected chi connectivity index (χ3v) is 2.76. The van der Waals surface area contributed by atoms with E-state index >= 15 is 0 Å². The number of rotatable bonds is 5. The van der Waals surface area contributed by atoms with Crippen LogP contribution in [0.4, 0.5) is 0 Å². The summed E-state index contributed by atoms with van der Waals surface area (Å²) >= 11 is 0. The van der Waals surface area contributed by atoms with E-state index in [9.17, 15) is 0 Å². The van der Waals surface area contributed by atoms with Crippen LogP contribution in [-0.2, 0) is 6.42 Å². The molecule has 1 atom stereocenters. The van der Waals surface area contributed by atoms with Crippen LogP contribution in [0.1, 0.15) is 12.5 Å². The van der Waals surface area contributed by atoms with Crippen LogP contribution in [0.3, 0.4) is 0 Å². The van der Waals surface area contributed by atoms with Gasteiger partial charge in [-0.25, -0.2) is 0 Å². The second kappa shape index (κ2) is 6.25. The Labute approximate surface area is 114 Å². The van der Waals surface area contributed by atoms with Crippen LogP contribution in [0.5, 0.6) is 17.2 Å². The first-order valence-corrected chi connectivity index (χ1v) is 6.34. The van der Waals surface area contributed by atoms with Crippen LogP contribution in [0.25, 0.3) is 0 Å². The molecule has 0 saturated heterocycles. The average molecular weight is 257 g/mol. The standard InChI is InChI=1S/C16H19NO2/c1-12(17)10-13-6-8-14(9-7-13)19-16-5-3-4-15(11-16)18-2/h3-9,11-12H,10,17H2,1-2H3. The maximum Gasteiger partial charge on any atom is 0.131 e.